The van der Waals surface area contributed by atoms with Crippen molar-refractivity contribution in [3.8, 4) is 0 Å². The van der Waals surface area contributed by atoms with E-state index < -0.39 is 38.3 Å². The van der Waals surface area contributed by atoms with E-state index in [-0.39, 0.29) is 0 Å². The van der Waals surface area contributed by atoms with Crippen LogP contribution >= 0.6 is 29.3 Å². The zero-order valence-electron chi connectivity index (χ0n) is 8.39. The van der Waals surface area contributed by atoms with Crippen LogP contribution in [0.3, 0.4) is 0 Å². The maximum atomic E-state index is 12.2. The normalized spacial score (nSPS) is 14.3. The molecule has 3 nitrogen and oxygen atoms in total. The minimum atomic E-state index is -4.98. The number of aliphatic hydroxyl groups is 1. The smallest absolute Gasteiger partial charge is 0.391 e. The Morgan fingerprint density at radius 1 is 1.24 bits per heavy atom. The van der Waals surface area contributed by atoms with Gasteiger partial charge in [0.1, 0.15) is 6.42 Å². The Labute approximate surface area is 105 Å². The number of hydrogen-bond donors (Lipinski definition) is 2. The van der Waals surface area contributed by atoms with Gasteiger partial charge < -0.3 is 14.7 Å². The Hall–Kier alpha value is 0.540. The van der Waals surface area contributed by atoms with Crippen molar-refractivity contribution in [2.24, 2.45) is 0 Å². The van der Waals surface area contributed by atoms with E-state index >= 15 is 0 Å². The van der Waals surface area contributed by atoms with E-state index in [1.165, 1.54) is 0 Å². The Bertz CT molecular complexity index is 200. The number of rotatable bonds is 4. The van der Waals surface area contributed by atoms with Crippen LogP contribution in [-0.2, 0) is 4.74 Å². The highest BCUT2D eigenvalue weighted by atomic mass is 35.9. The maximum absolute atomic E-state index is 12.2. The summed E-state index contributed by atoms with van der Waals surface area (Å²) < 4.78 is 62.4. The Morgan fingerprint density at radius 2 is 1.59 bits per heavy atom. The summed E-state index contributed by atoms with van der Waals surface area (Å²) in [6, 6.07) is 0. The number of aliphatic hydroxyl groups excluding tert-OH is 1. The minimum Gasteiger partial charge on any atom is -0.391 e. The first-order valence-electron chi connectivity index (χ1n) is 3.93. The van der Waals surface area contributed by atoms with Crippen molar-refractivity contribution in [1.82, 2.24) is 0 Å². The van der Waals surface area contributed by atoms with Gasteiger partial charge in [0.05, 0.1) is 12.7 Å². The molecule has 0 heterocycles. The molecule has 1 atom stereocenters. The molecule has 0 rings (SSSR count). The molecule has 11 heteroatoms. The molecule has 1 unspecified atom stereocenters. The fourth-order valence-corrected chi connectivity index (χ4v) is 0.527. The lowest BCUT2D eigenvalue weighted by atomic mass is 10.4. The summed E-state index contributed by atoms with van der Waals surface area (Å²) in [5.74, 6) is 0. The second-order valence-electron chi connectivity index (χ2n) is 2.80. The van der Waals surface area contributed by atoms with Crippen LogP contribution < -0.4 is 0 Å². The molecule has 0 aromatic carbocycles. The predicted octanol–water partition coefficient (Wildman–Crippen LogP) is 3.61. The predicted molar refractivity (Wildman–Crippen MR) is 54.1 cm³/mol. The molecule has 0 amide bonds. The van der Waals surface area contributed by atoms with Crippen LogP contribution in [0.2, 0.25) is 0 Å². The molecule has 17 heavy (non-hydrogen) atoms. The highest BCUT2D eigenvalue weighted by Gasteiger charge is 2.44. The molecule has 0 fully saturated rings. The van der Waals surface area contributed by atoms with E-state index in [0.717, 1.165) is 6.92 Å². The fourth-order valence-electron chi connectivity index (χ4n) is 0.527. The molecule has 0 aliphatic rings. The molecule has 0 saturated carbocycles. The fraction of sp³-hybridized carbons (Fsp3) is 1.00. The third-order valence-electron chi connectivity index (χ3n) is 0.942. The first-order valence-corrected chi connectivity index (χ1v) is 7.03. The summed E-state index contributed by atoms with van der Waals surface area (Å²) in [5.41, 5.74) is 0. The second-order valence-corrected chi connectivity index (χ2v) is 5.67. The molecule has 0 aliphatic heterocycles. The van der Waals surface area contributed by atoms with Gasteiger partial charge in [0.25, 0.3) is 0 Å². The summed E-state index contributed by atoms with van der Waals surface area (Å²) in [4.78, 5) is 7.65. The lowest BCUT2D eigenvalue weighted by Gasteiger charge is -2.18. The third kappa shape index (κ3) is 22.2. The standard InChI is InChI=1S/C6H9F5O2.Cl2HOP/c1-4(12)2-13-6(10,11)3-5(7,8)9;1-4(2)3/h4,12H,2-3H2,1H3;3H. The summed E-state index contributed by atoms with van der Waals surface area (Å²) in [6.07, 6.45) is -12.8. The molecule has 0 saturated heterocycles. The van der Waals surface area contributed by atoms with Gasteiger partial charge in [-0.15, -0.1) is 0 Å². The van der Waals surface area contributed by atoms with E-state index in [1.807, 2.05) is 0 Å². The number of ether oxygens (including phenoxy) is 1. The maximum Gasteiger partial charge on any atom is 0.397 e. The zero-order valence-corrected chi connectivity index (χ0v) is 10.8. The Balaban J connectivity index is 0. The van der Waals surface area contributed by atoms with E-state index in [0.29, 0.717) is 0 Å². The molecule has 0 bridgehead atoms. The van der Waals surface area contributed by atoms with Gasteiger partial charge in [-0.1, -0.05) is 0 Å². The van der Waals surface area contributed by atoms with E-state index in [9.17, 15) is 22.0 Å². The van der Waals surface area contributed by atoms with Crippen LogP contribution in [-0.4, -0.2) is 35.0 Å². The zero-order chi connectivity index (χ0) is 14.3. The van der Waals surface area contributed by atoms with Crippen molar-refractivity contribution < 1.29 is 36.7 Å². The summed E-state index contributed by atoms with van der Waals surface area (Å²) in [6.45, 7) is -1.38. The van der Waals surface area contributed by atoms with Gasteiger partial charge in [-0.25, -0.2) is 0 Å². The SMILES string of the molecule is CC(O)COC(F)(F)CC(F)(F)F.OP(Cl)Cl. The van der Waals surface area contributed by atoms with Gasteiger partial charge in [-0.05, 0) is 29.4 Å². The molecule has 0 aliphatic carbocycles. The van der Waals surface area contributed by atoms with Crippen molar-refractivity contribution in [2.75, 3.05) is 6.61 Å². The average Bonchev–Trinajstić information content (AvgIpc) is 1.95. The van der Waals surface area contributed by atoms with Gasteiger partial charge in [-0.2, -0.15) is 22.0 Å². The number of hydrogen-bond acceptors (Lipinski definition) is 3. The molecule has 0 spiro atoms. The second kappa shape index (κ2) is 8.61. The van der Waals surface area contributed by atoms with Crippen LogP contribution in [0.1, 0.15) is 13.3 Å². The number of alkyl halides is 5. The van der Waals surface area contributed by atoms with Crippen LogP contribution in [0.5, 0.6) is 0 Å². The first-order chi connectivity index (χ1) is 7.36. The molecule has 0 radical (unpaired) electrons. The quantitative estimate of drug-likeness (QED) is 0.613. The molecular formula is C6H10Cl2F5O3P. The van der Waals surface area contributed by atoms with Crippen molar-refractivity contribution >= 4 is 29.3 Å². The third-order valence-corrected chi connectivity index (χ3v) is 0.942. The summed E-state index contributed by atoms with van der Waals surface area (Å²) >= 11 is 9.32. The van der Waals surface area contributed by atoms with Gasteiger partial charge >= 0.3 is 12.3 Å². The largest absolute Gasteiger partial charge is 0.397 e. The molecular weight excluding hydrogens is 317 g/mol. The van der Waals surface area contributed by atoms with Crippen LogP contribution in [0.4, 0.5) is 22.0 Å². The van der Waals surface area contributed by atoms with Crippen molar-refractivity contribution in [1.29, 1.82) is 0 Å². The van der Waals surface area contributed by atoms with Crippen molar-refractivity contribution in [3.63, 3.8) is 0 Å². The summed E-state index contributed by atoms with van der Waals surface area (Å²) in [7, 11) is 0. The average molecular weight is 327 g/mol. The molecule has 106 valence electrons. The van der Waals surface area contributed by atoms with E-state index in [4.69, 9.17) is 10.00 Å². The van der Waals surface area contributed by atoms with Gasteiger partial charge in [0.15, 0.2) is 0 Å². The lowest BCUT2D eigenvalue weighted by Crippen LogP contribution is -2.31. The minimum absolute atomic E-state index is 0.830. The number of halogens is 7. The Kier molecular flexibility index (Phi) is 10.1. The highest BCUT2D eigenvalue weighted by Crippen LogP contribution is 2.40. The summed E-state index contributed by atoms with van der Waals surface area (Å²) in [5, 5.41) is 8.47. The van der Waals surface area contributed by atoms with Gasteiger partial charge in [-0.3, -0.25) is 0 Å². The Morgan fingerprint density at radius 3 is 1.82 bits per heavy atom. The van der Waals surface area contributed by atoms with Crippen LogP contribution in [0, 0.1) is 0 Å². The molecule has 0 aromatic heterocycles. The van der Waals surface area contributed by atoms with Crippen LogP contribution in [0.15, 0.2) is 0 Å². The first kappa shape index (κ1) is 19.9. The van der Waals surface area contributed by atoms with Gasteiger partial charge in [0.2, 0.25) is 6.85 Å². The lowest BCUT2D eigenvalue weighted by molar-refractivity contribution is -0.297. The van der Waals surface area contributed by atoms with Crippen molar-refractivity contribution in [2.45, 2.75) is 31.7 Å². The van der Waals surface area contributed by atoms with Crippen molar-refractivity contribution in [3.05, 3.63) is 0 Å². The van der Waals surface area contributed by atoms with Crippen LogP contribution in [0.25, 0.3) is 0 Å². The molecule has 0 aromatic rings. The highest BCUT2D eigenvalue weighted by molar-refractivity contribution is 7.99. The monoisotopic (exact) mass is 326 g/mol. The topological polar surface area (TPSA) is 49.7 Å². The van der Waals surface area contributed by atoms with Gasteiger partial charge in [0, 0.05) is 0 Å². The molecule has 2 N–H and O–H groups in total. The van der Waals surface area contributed by atoms with E-state index in [2.05, 4.69) is 27.2 Å². The van der Waals surface area contributed by atoms with E-state index in [1.54, 1.807) is 0 Å².